The summed E-state index contributed by atoms with van der Waals surface area (Å²) in [5.74, 6) is -0.236. The van der Waals surface area contributed by atoms with E-state index in [1.165, 1.54) is 34.4 Å². The van der Waals surface area contributed by atoms with E-state index in [0.717, 1.165) is 50.2 Å². The third kappa shape index (κ3) is 3.38. The van der Waals surface area contributed by atoms with Crippen molar-refractivity contribution in [1.29, 1.82) is 0 Å². The first-order chi connectivity index (χ1) is 14.7. The number of fused-ring (bicyclic) bond motifs is 2. The Labute approximate surface area is 176 Å². The number of aryl methyl sites for hydroxylation is 1. The number of aromatic nitrogens is 2. The van der Waals surface area contributed by atoms with Gasteiger partial charge in [-0.05, 0) is 73.4 Å². The van der Waals surface area contributed by atoms with Gasteiger partial charge in [0.1, 0.15) is 5.82 Å². The van der Waals surface area contributed by atoms with Crippen molar-refractivity contribution in [3.05, 3.63) is 88.5 Å². The molecule has 1 aliphatic heterocycles. The molecule has 4 nitrogen and oxygen atoms in total. The molecule has 1 N–H and O–H groups in total. The van der Waals surface area contributed by atoms with Crippen LogP contribution in [0.15, 0.2) is 60.3 Å². The standard InChI is InChI=1S/C25H26FN3O/c1-27-16-19-5-3-2-4-18(19)10-12-25-15-20-17-28-29(23-8-6-22(26)7-9-23)24(20)14-21(25)11-13-30-25/h2-9,14,17,27H,10-13,15-16H2,1H3. The first kappa shape index (κ1) is 19.2. The van der Waals surface area contributed by atoms with Crippen molar-refractivity contribution < 1.29 is 9.13 Å². The number of nitrogens with zero attached hydrogens (tertiary/aromatic N) is 2. The van der Waals surface area contributed by atoms with E-state index in [9.17, 15) is 4.39 Å². The van der Waals surface area contributed by atoms with Crippen molar-refractivity contribution in [1.82, 2.24) is 15.1 Å². The van der Waals surface area contributed by atoms with Crippen LogP contribution in [0, 0.1) is 5.82 Å². The van der Waals surface area contributed by atoms with E-state index >= 15 is 0 Å². The van der Waals surface area contributed by atoms with Crippen LogP contribution in [-0.2, 0) is 24.1 Å². The Morgan fingerprint density at radius 2 is 1.93 bits per heavy atom. The lowest BCUT2D eigenvalue weighted by atomic mass is 9.78. The molecular weight excluding hydrogens is 377 g/mol. The normalized spacial score (nSPS) is 20.0. The molecule has 1 fully saturated rings. The number of hydrogen-bond acceptors (Lipinski definition) is 3. The van der Waals surface area contributed by atoms with E-state index in [1.54, 1.807) is 12.1 Å². The second kappa shape index (κ2) is 7.82. The number of rotatable bonds is 6. The average Bonchev–Trinajstić information content (AvgIpc) is 3.36. The summed E-state index contributed by atoms with van der Waals surface area (Å²) in [5, 5.41) is 7.86. The second-order valence-corrected chi connectivity index (χ2v) is 8.18. The van der Waals surface area contributed by atoms with Crippen LogP contribution in [0.3, 0.4) is 0 Å². The van der Waals surface area contributed by atoms with Gasteiger partial charge in [-0.25, -0.2) is 9.07 Å². The lowest BCUT2D eigenvalue weighted by molar-refractivity contribution is 0.0175. The predicted octanol–water partition coefficient (Wildman–Crippen LogP) is 4.46. The first-order valence-corrected chi connectivity index (χ1v) is 10.6. The van der Waals surface area contributed by atoms with Gasteiger partial charge in [-0.3, -0.25) is 0 Å². The quantitative estimate of drug-likeness (QED) is 0.660. The van der Waals surface area contributed by atoms with E-state index in [4.69, 9.17) is 4.74 Å². The van der Waals surface area contributed by atoms with Gasteiger partial charge < -0.3 is 10.1 Å². The molecule has 0 bridgehead atoms. The van der Waals surface area contributed by atoms with Crippen LogP contribution in [0.5, 0.6) is 0 Å². The third-order valence-electron chi connectivity index (χ3n) is 6.36. The molecule has 2 heterocycles. The number of halogens is 1. The van der Waals surface area contributed by atoms with E-state index < -0.39 is 0 Å². The zero-order valence-electron chi connectivity index (χ0n) is 17.2. The monoisotopic (exact) mass is 403 g/mol. The minimum Gasteiger partial charge on any atom is -0.370 e. The Hall–Kier alpha value is -2.76. The average molecular weight is 404 g/mol. The molecule has 0 saturated carbocycles. The van der Waals surface area contributed by atoms with Crippen LogP contribution >= 0.6 is 0 Å². The van der Waals surface area contributed by atoms with Gasteiger partial charge in [0, 0.05) is 18.5 Å². The fraction of sp³-hybridized carbons (Fsp3) is 0.320. The van der Waals surface area contributed by atoms with E-state index in [0.29, 0.717) is 0 Å². The van der Waals surface area contributed by atoms with Crippen LogP contribution in [0.25, 0.3) is 11.8 Å². The highest BCUT2D eigenvalue weighted by molar-refractivity contribution is 5.62. The molecular formula is C25H26FN3O. The lowest BCUT2D eigenvalue weighted by Gasteiger charge is -2.33. The van der Waals surface area contributed by atoms with Crippen LogP contribution < -0.4 is 5.32 Å². The number of hydrogen-bond donors (Lipinski definition) is 1. The van der Waals surface area contributed by atoms with Gasteiger partial charge in [-0.1, -0.05) is 24.3 Å². The summed E-state index contributed by atoms with van der Waals surface area (Å²) in [5.41, 5.74) is 6.99. The second-order valence-electron chi connectivity index (χ2n) is 8.18. The van der Waals surface area contributed by atoms with E-state index in [-0.39, 0.29) is 11.4 Å². The molecule has 154 valence electrons. The largest absolute Gasteiger partial charge is 0.370 e. The van der Waals surface area contributed by atoms with Crippen molar-refractivity contribution in [3.63, 3.8) is 0 Å². The lowest BCUT2D eigenvalue weighted by Crippen LogP contribution is -2.35. The van der Waals surface area contributed by atoms with Crippen molar-refractivity contribution >= 4 is 6.08 Å². The summed E-state index contributed by atoms with van der Waals surface area (Å²) < 4.78 is 21.6. The van der Waals surface area contributed by atoms with E-state index in [1.807, 2.05) is 17.9 Å². The molecule has 1 aliphatic carbocycles. The fourth-order valence-corrected chi connectivity index (χ4v) is 4.81. The molecule has 30 heavy (non-hydrogen) atoms. The Morgan fingerprint density at radius 3 is 2.73 bits per heavy atom. The summed E-state index contributed by atoms with van der Waals surface area (Å²) in [6.45, 7) is 1.64. The molecule has 2 aliphatic rings. The molecule has 0 spiro atoms. The van der Waals surface area contributed by atoms with Crippen LogP contribution in [-0.4, -0.2) is 29.0 Å². The summed E-state index contributed by atoms with van der Waals surface area (Å²) in [6, 6.07) is 15.1. The van der Waals surface area contributed by atoms with Crippen molar-refractivity contribution in [3.8, 4) is 5.69 Å². The smallest absolute Gasteiger partial charge is 0.123 e. The minimum atomic E-state index is -0.240. The van der Waals surface area contributed by atoms with Gasteiger partial charge in [0.25, 0.3) is 0 Å². The zero-order chi connectivity index (χ0) is 20.6. The summed E-state index contributed by atoms with van der Waals surface area (Å²) >= 11 is 0. The maximum absolute atomic E-state index is 13.3. The van der Waals surface area contributed by atoms with Gasteiger partial charge in [-0.15, -0.1) is 0 Å². The minimum absolute atomic E-state index is 0.236. The maximum Gasteiger partial charge on any atom is 0.123 e. The topological polar surface area (TPSA) is 39.1 Å². The van der Waals surface area contributed by atoms with Crippen LogP contribution in [0.2, 0.25) is 0 Å². The van der Waals surface area contributed by atoms with Crippen LogP contribution in [0.1, 0.15) is 35.2 Å². The van der Waals surface area contributed by atoms with Gasteiger partial charge in [0.05, 0.1) is 29.8 Å². The maximum atomic E-state index is 13.3. The first-order valence-electron chi connectivity index (χ1n) is 10.6. The number of ether oxygens (including phenoxy) is 1. The van der Waals surface area contributed by atoms with Gasteiger partial charge in [0.15, 0.2) is 0 Å². The zero-order valence-corrected chi connectivity index (χ0v) is 17.2. The SMILES string of the molecule is CNCc1ccccc1CCC12Cc3cnn(-c4ccc(F)cc4)c3C=C1CCO2. The van der Waals surface area contributed by atoms with Gasteiger partial charge in [0.2, 0.25) is 0 Å². The molecule has 5 heteroatoms. The Kier molecular flexibility index (Phi) is 5.01. The highest BCUT2D eigenvalue weighted by Crippen LogP contribution is 2.44. The number of benzene rings is 2. The molecule has 0 radical (unpaired) electrons. The van der Waals surface area contributed by atoms with Crippen LogP contribution in [0.4, 0.5) is 4.39 Å². The molecule has 3 aromatic rings. The summed E-state index contributed by atoms with van der Waals surface area (Å²) in [7, 11) is 1.98. The highest BCUT2D eigenvalue weighted by atomic mass is 19.1. The molecule has 5 rings (SSSR count). The Morgan fingerprint density at radius 1 is 1.13 bits per heavy atom. The van der Waals surface area contributed by atoms with E-state index in [2.05, 4.69) is 40.8 Å². The Balaban J connectivity index is 1.43. The fourth-order valence-electron chi connectivity index (χ4n) is 4.81. The van der Waals surface area contributed by atoms with Gasteiger partial charge in [-0.2, -0.15) is 5.10 Å². The molecule has 0 amide bonds. The molecule has 2 aromatic carbocycles. The predicted molar refractivity (Wildman–Crippen MR) is 116 cm³/mol. The molecule has 1 saturated heterocycles. The third-order valence-corrected chi connectivity index (χ3v) is 6.36. The van der Waals surface area contributed by atoms with Crippen molar-refractivity contribution in [2.75, 3.05) is 13.7 Å². The Bertz CT molecular complexity index is 1090. The van der Waals surface area contributed by atoms with Crippen molar-refractivity contribution in [2.24, 2.45) is 0 Å². The molecule has 1 unspecified atom stereocenters. The summed E-state index contributed by atoms with van der Waals surface area (Å²) in [4.78, 5) is 0. The molecule has 1 atom stereocenters. The molecule has 1 aromatic heterocycles. The number of nitrogens with one attached hydrogen (secondary N) is 1. The van der Waals surface area contributed by atoms with Gasteiger partial charge >= 0.3 is 0 Å². The summed E-state index contributed by atoms with van der Waals surface area (Å²) in [6.07, 6.45) is 7.92. The highest BCUT2D eigenvalue weighted by Gasteiger charge is 2.43. The van der Waals surface area contributed by atoms with Crippen molar-refractivity contribution in [2.45, 2.75) is 37.8 Å².